The van der Waals surface area contributed by atoms with Crippen molar-refractivity contribution >= 4 is 11.8 Å². The normalized spacial score (nSPS) is 15.5. The predicted molar refractivity (Wildman–Crippen MR) is 109 cm³/mol. The van der Waals surface area contributed by atoms with Crippen LogP contribution < -0.4 is 9.47 Å². The third-order valence-electron chi connectivity index (χ3n) is 5.42. The van der Waals surface area contributed by atoms with E-state index in [1.165, 1.54) is 14.2 Å². The Bertz CT molecular complexity index is 860. The van der Waals surface area contributed by atoms with E-state index >= 15 is 0 Å². The van der Waals surface area contributed by atoms with Crippen LogP contribution in [-0.2, 0) is 27.2 Å². The van der Waals surface area contributed by atoms with E-state index in [0.29, 0.717) is 37.2 Å². The zero-order valence-corrected chi connectivity index (χ0v) is 17.1. The van der Waals surface area contributed by atoms with Crippen molar-refractivity contribution in [3.05, 3.63) is 47.5 Å². The fourth-order valence-corrected chi connectivity index (χ4v) is 3.80. The highest BCUT2D eigenvalue weighted by atomic mass is 16.6. The second-order valence-corrected chi connectivity index (χ2v) is 7.56. The third-order valence-corrected chi connectivity index (χ3v) is 5.42. The molecule has 0 aromatic heterocycles. The highest BCUT2D eigenvalue weighted by molar-refractivity contribution is 5.98. The molecular weight excluding hydrogens is 388 g/mol. The summed E-state index contributed by atoms with van der Waals surface area (Å²) in [5, 5.41) is 19.6. The first-order valence-corrected chi connectivity index (χ1v) is 9.79. The smallest absolute Gasteiger partial charge is 0.313 e. The summed E-state index contributed by atoms with van der Waals surface area (Å²) in [7, 11) is 2.96. The molecule has 1 aliphatic heterocycles. The van der Waals surface area contributed by atoms with E-state index in [9.17, 15) is 19.8 Å². The van der Waals surface area contributed by atoms with Crippen LogP contribution in [-0.4, -0.2) is 41.8 Å². The van der Waals surface area contributed by atoms with Crippen LogP contribution in [0.4, 0.5) is 0 Å². The van der Waals surface area contributed by atoms with E-state index < -0.39 is 11.6 Å². The number of ketones is 1. The number of benzene rings is 2. The lowest BCUT2D eigenvalue weighted by atomic mass is 9.82. The van der Waals surface area contributed by atoms with E-state index in [1.807, 2.05) is 0 Å². The van der Waals surface area contributed by atoms with Gasteiger partial charge in [-0.05, 0) is 61.1 Å². The van der Waals surface area contributed by atoms with Gasteiger partial charge in [0, 0.05) is 6.42 Å². The van der Waals surface area contributed by atoms with Gasteiger partial charge in [0.1, 0.15) is 17.8 Å². The Morgan fingerprint density at radius 2 is 1.40 bits per heavy atom. The topological polar surface area (TPSA) is 102 Å². The van der Waals surface area contributed by atoms with Gasteiger partial charge < -0.3 is 24.4 Å². The molecule has 1 fully saturated rings. The van der Waals surface area contributed by atoms with E-state index in [2.05, 4.69) is 0 Å². The summed E-state index contributed by atoms with van der Waals surface area (Å²) < 4.78 is 16.0. The van der Waals surface area contributed by atoms with Crippen molar-refractivity contribution in [2.75, 3.05) is 14.2 Å². The second-order valence-electron chi connectivity index (χ2n) is 7.56. The van der Waals surface area contributed by atoms with Crippen molar-refractivity contribution in [3.8, 4) is 23.0 Å². The molecule has 0 amide bonds. The number of hydrogen-bond acceptors (Lipinski definition) is 7. The number of cyclic esters (lactones) is 1. The Hall–Kier alpha value is -3.22. The summed E-state index contributed by atoms with van der Waals surface area (Å²) in [5.41, 5.74) is 0.914. The molecular formula is C23H26O7. The highest BCUT2D eigenvalue weighted by Gasteiger charge is 2.40. The number of phenols is 2. The minimum absolute atomic E-state index is 0.0523. The Labute approximate surface area is 175 Å². The molecule has 0 atom stereocenters. The molecule has 30 heavy (non-hydrogen) atoms. The fraction of sp³-hybridized carbons (Fsp3) is 0.391. The monoisotopic (exact) mass is 414 g/mol. The molecule has 2 aromatic rings. The van der Waals surface area contributed by atoms with Crippen LogP contribution in [0.3, 0.4) is 0 Å². The molecule has 0 unspecified atom stereocenters. The van der Waals surface area contributed by atoms with Gasteiger partial charge in [-0.2, -0.15) is 0 Å². The molecule has 0 spiro atoms. The Morgan fingerprint density at radius 1 is 0.900 bits per heavy atom. The third kappa shape index (κ3) is 5.03. The molecule has 1 saturated heterocycles. The molecule has 0 radical (unpaired) electrons. The lowest BCUT2D eigenvalue weighted by Gasteiger charge is -2.36. The van der Waals surface area contributed by atoms with Gasteiger partial charge >= 0.3 is 5.97 Å². The summed E-state index contributed by atoms with van der Waals surface area (Å²) in [6.45, 7) is 0. The van der Waals surface area contributed by atoms with Crippen LogP contribution in [0, 0.1) is 0 Å². The van der Waals surface area contributed by atoms with Crippen LogP contribution in [0.1, 0.15) is 36.8 Å². The number of hydrogen-bond donors (Lipinski definition) is 2. The van der Waals surface area contributed by atoms with Gasteiger partial charge in [0.2, 0.25) is 0 Å². The van der Waals surface area contributed by atoms with Crippen molar-refractivity contribution in [1.82, 2.24) is 0 Å². The lowest BCUT2D eigenvalue weighted by Crippen LogP contribution is -2.43. The predicted octanol–water partition coefficient (Wildman–Crippen LogP) is 3.33. The van der Waals surface area contributed by atoms with Crippen LogP contribution in [0.15, 0.2) is 36.4 Å². The molecule has 1 heterocycles. The van der Waals surface area contributed by atoms with Gasteiger partial charge in [0.25, 0.3) is 0 Å². The number of ether oxygens (including phenoxy) is 3. The number of aryl methyl sites for hydroxylation is 2. The maximum atomic E-state index is 12.2. The number of rotatable bonds is 8. The summed E-state index contributed by atoms with van der Waals surface area (Å²) in [6, 6.07) is 10.1. The number of phenolic OH excluding ortho intramolecular Hbond substituents is 2. The molecule has 3 rings (SSSR count). The molecule has 0 aliphatic carbocycles. The Balaban J connectivity index is 1.77. The summed E-state index contributed by atoms with van der Waals surface area (Å²) in [6.07, 6.45) is 2.01. The molecule has 7 nitrogen and oxygen atoms in total. The fourth-order valence-electron chi connectivity index (χ4n) is 3.80. The van der Waals surface area contributed by atoms with Crippen molar-refractivity contribution < 1.29 is 34.0 Å². The average Bonchev–Trinajstić information content (AvgIpc) is 2.72. The minimum Gasteiger partial charge on any atom is -0.504 e. The minimum atomic E-state index is -0.900. The quantitative estimate of drug-likeness (QED) is 0.505. The zero-order valence-electron chi connectivity index (χ0n) is 17.1. The van der Waals surface area contributed by atoms with Crippen molar-refractivity contribution in [2.45, 2.75) is 44.1 Å². The number of methoxy groups -OCH3 is 2. The number of aromatic hydroxyl groups is 2. The average molecular weight is 414 g/mol. The van der Waals surface area contributed by atoms with Gasteiger partial charge in [-0.3, -0.25) is 9.59 Å². The first-order valence-electron chi connectivity index (χ1n) is 9.79. The van der Waals surface area contributed by atoms with Crippen LogP contribution >= 0.6 is 0 Å². The highest BCUT2D eigenvalue weighted by Crippen LogP contribution is 2.35. The van der Waals surface area contributed by atoms with Gasteiger partial charge in [-0.1, -0.05) is 12.1 Å². The number of carbonyl (C=O) groups excluding carboxylic acids is 2. The van der Waals surface area contributed by atoms with Gasteiger partial charge in [-0.15, -0.1) is 0 Å². The maximum absolute atomic E-state index is 12.2. The molecule has 0 bridgehead atoms. The van der Waals surface area contributed by atoms with Gasteiger partial charge in [0.15, 0.2) is 23.0 Å². The molecule has 160 valence electrons. The standard InChI is InChI=1S/C23H26O7/c1-28-20-11-15(3-5-18(20)25)7-9-23(14-17(24)13-22(27)30-23)10-8-16-4-6-19(26)21(12-16)29-2/h3-6,11-12,25-26H,7-10,13-14H2,1-2H3. The van der Waals surface area contributed by atoms with Crippen molar-refractivity contribution in [2.24, 2.45) is 0 Å². The molecule has 2 N–H and O–H groups in total. The zero-order chi connectivity index (χ0) is 21.7. The molecule has 2 aromatic carbocycles. The number of Topliss-reactive ketones (excluding diaryl/α,β-unsaturated/α-hetero) is 1. The van der Waals surface area contributed by atoms with E-state index in [0.717, 1.165) is 11.1 Å². The first-order chi connectivity index (χ1) is 14.3. The van der Waals surface area contributed by atoms with E-state index in [1.54, 1.807) is 36.4 Å². The second kappa shape index (κ2) is 9.07. The molecule has 1 aliphatic rings. The van der Waals surface area contributed by atoms with E-state index in [-0.39, 0.29) is 30.1 Å². The SMILES string of the molecule is COc1cc(CCC2(CCc3ccc(O)c(OC)c3)CC(=O)CC(=O)O2)ccc1O. The number of esters is 1. The maximum Gasteiger partial charge on any atom is 0.313 e. The van der Waals surface area contributed by atoms with E-state index in [4.69, 9.17) is 14.2 Å². The Morgan fingerprint density at radius 3 is 1.83 bits per heavy atom. The molecule has 0 saturated carbocycles. The van der Waals surface area contributed by atoms with Crippen molar-refractivity contribution in [1.29, 1.82) is 0 Å². The summed E-state index contributed by atoms with van der Waals surface area (Å²) in [4.78, 5) is 24.2. The Kier molecular flexibility index (Phi) is 6.50. The largest absolute Gasteiger partial charge is 0.504 e. The summed E-state index contributed by atoms with van der Waals surface area (Å²) >= 11 is 0. The lowest BCUT2D eigenvalue weighted by molar-refractivity contribution is -0.172. The van der Waals surface area contributed by atoms with Crippen LogP contribution in [0.2, 0.25) is 0 Å². The van der Waals surface area contributed by atoms with Crippen LogP contribution in [0.5, 0.6) is 23.0 Å². The summed E-state index contributed by atoms with van der Waals surface area (Å²) in [5.74, 6) is 0.215. The molecule has 7 heteroatoms. The number of carbonyl (C=O) groups is 2. The van der Waals surface area contributed by atoms with Crippen LogP contribution in [0.25, 0.3) is 0 Å². The van der Waals surface area contributed by atoms with Gasteiger partial charge in [-0.25, -0.2) is 0 Å². The first kappa shape index (κ1) is 21.5. The van der Waals surface area contributed by atoms with Gasteiger partial charge in [0.05, 0.1) is 14.2 Å². The van der Waals surface area contributed by atoms with Crippen molar-refractivity contribution in [3.63, 3.8) is 0 Å².